The Morgan fingerprint density at radius 3 is 2.74 bits per heavy atom. The summed E-state index contributed by atoms with van der Waals surface area (Å²) < 4.78 is 46.7. The van der Waals surface area contributed by atoms with Crippen molar-refractivity contribution in [1.82, 2.24) is 14.5 Å². The van der Waals surface area contributed by atoms with Gasteiger partial charge in [0.25, 0.3) is 5.56 Å². The lowest BCUT2D eigenvalue weighted by molar-refractivity contribution is -0.216. The lowest BCUT2D eigenvalue weighted by atomic mass is 9.94. The number of thioether (sulfide) groups is 1. The molecule has 11 heteroatoms. The number of fused-ring (bicyclic) bond motifs is 1. The SMILES string of the molecule is O=c1[nH]c(=O)n2c3c(c(Cl)c(C(F)(F)F)cc13)SC[C@@H]2CN1C[C@H]2OCC21. The number of morpholine rings is 1. The molecule has 0 saturated carbocycles. The van der Waals surface area contributed by atoms with Crippen molar-refractivity contribution in [2.45, 2.75) is 29.3 Å². The molecule has 1 aromatic heterocycles. The van der Waals surface area contributed by atoms with E-state index in [0.29, 0.717) is 24.9 Å². The molecule has 2 fully saturated rings. The van der Waals surface area contributed by atoms with Gasteiger partial charge in [-0.1, -0.05) is 11.6 Å². The Labute approximate surface area is 159 Å². The summed E-state index contributed by atoms with van der Waals surface area (Å²) in [6.07, 6.45) is -4.45. The first-order valence-corrected chi connectivity index (χ1v) is 9.68. The van der Waals surface area contributed by atoms with Crippen LogP contribution in [0.15, 0.2) is 20.6 Å². The lowest BCUT2D eigenvalue weighted by Gasteiger charge is -2.55. The van der Waals surface area contributed by atoms with E-state index in [-0.39, 0.29) is 27.9 Å². The van der Waals surface area contributed by atoms with Crippen LogP contribution in [-0.4, -0.2) is 52.0 Å². The predicted octanol–water partition coefficient (Wildman–Crippen LogP) is 2.09. The summed E-state index contributed by atoms with van der Waals surface area (Å²) in [6, 6.07) is 0.795. The van der Waals surface area contributed by atoms with Crippen LogP contribution in [0.3, 0.4) is 0 Å². The van der Waals surface area contributed by atoms with Crippen LogP contribution >= 0.6 is 23.4 Å². The highest BCUT2D eigenvalue weighted by Gasteiger charge is 2.48. The van der Waals surface area contributed by atoms with E-state index in [1.807, 2.05) is 0 Å². The Balaban J connectivity index is 1.68. The maximum absolute atomic E-state index is 13.3. The fraction of sp³-hybridized carbons (Fsp3) is 0.500. The summed E-state index contributed by atoms with van der Waals surface area (Å²) in [7, 11) is 0. The van der Waals surface area contributed by atoms with Crippen molar-refractivity contribution in [3.8, 4) is 0 Å². The Morgan fingerprint density at radius 1 is 1.37 bits per heavy atom. The van der Waals surface area contributed by atoms with Crippen molar-refractivity contribution >= 4 is 34.3 Å². The van der Waals surface area contributed by atoms with Crippen molar-refractivity contribution in [1.29, 1.82) is 0 Å². The van der Waals surface area contributed by atoms with Crippen LogP contribution in [-0.2, 0) is 10.9 Å². The van der Waals surface area contributed by atoms with Crippen LogP contribution in [0.2, 0.25) is 5.02 Å². The third kappa shape index (κ3) is 2.50. The number of aromatic nitrogens is 2. The number of hydrogen-bond donors (Lipinski definition) is 1. The first-order valence-electron chi connectivity index (χ1n) is 8.32. The molecular formula is C16H13ClF3N3O3S. The lowest BCUT2D eigenvalue weighted by Crippen LogP contribution is -2.71. The largest absolute Gasteiger partial charge is 0.417 e. The standard InChI is InChI=1S/C16H13ClF3N3O3S/c17-11-8(16(18,19)20)1-7-12-13(11)27-5-6(23(12)15(25)21-14(7)24)2-22-3-10-9(22)4-26-10/h1,6,9-10H,2-5H2,(H,21,24,25)/t6-,9?,10+/m0/s1. The molecule has 4 heterocycles. The van der Waals surface area contributed by atoms with Gasteiger partial charge < -0.3 is 4.74 Å². The van der Waals surface area contributed by atoms with Crippen molar-refractivity contribution in [3.05, 3.63) is 37.5 Å². The van der Waals surface area contributed by atoms with Gasteiger partial charge in [-0.15, -0.1) is 11.8 Å². The summed E-state index contributed by atoms with van der Waals surface area (Å²) in [5.41, 5.74) is -2.35. The van der Waals surface area contributed by atoms with Gasteiger partial charge in [0.1, 0.15) is 0 Å². The van der Waals surface area contributed by atoms with Gasteiger partial charge in [0.15, 0.2) is 0 Å². The van der Waals surface area contributed by atoms with Crippen molar-refractivity contribution in [2.75, 3.05) is 25.4 Å². The molecule has 144 valence electrons. The van der Waals surface area contributed by atoms with Gasteiger partial charge in [0, 0.05) is 18.8 Å². The number of alkyl halides is 3. The van der Waals surface area contributed by atoms with Gasteiger partial charge in [-0.3, -0.25) is 19.2 Å². The minimum absolute atomic E-state index is 0.134. The molecule has 2 saturated heterocycles. The molecule has 0 bridgehead atoms. The van der Waals surface area contributed by atoms with E-state index < -0.39 is 28.0 Å². The number of ether oxygens (including phenoxy) is 1. The van der Waals surface area contributed by atoms with Crippen LogP contribution in [0.1, 0.15) is 11.6 Å². The molecule has 6 nitrogen and oxygen atoms in total. The summed E-state index contributed by atoms with van der Waals surface area (Å²) in [6.45, 7) is 1.99. The van der Waals surface area contributed by atoms with E-state index in [9.17, 15) is 22.8 Å². The summed E-state index contributed by atoms with van der Waals surface area (Å²) in [4.78, 5) is 29.2. The Bertz CT molecular complexity index is 1080. The van der Waals surface area contributed by atoms with Gasteiger partial charge in [-0.25, -0.2) is 4.79 Å². The second-order valence-corrected chi connectivity index (χ2v) is 8.36. The highest BCUT2D eigenvalue weighted by atomic mass is 35.5. The van der Waals surface area contributed by atoms with Gasteiger partial charge in [-0.2, -0.15) is 13.2 Å². The van der Waals surface area contributed by atoms with Crippen LogP contribution in [0.4, 0.5) is 13.2 Å². The van der Waals surface area contributed by atoms with E-state index in [1.54, 1.807) is 0 Å². The number of rotatable bonds is 2. The molecule has 0 spiro atoms. The van der Waals surface area contributed by atoms with Crippen LogP contribution in [0.25, 0.3) is 10.9 Å². The molecule has 3 atom stereocenters. The molecule has 0 aliphatic carbocycles. The maximum atomic E-state index is 13.3. The molecule has 3 aliphatic heterocycles. The molecule has 1 N–H and O–H groups in total. The zero-order valence-electron chi connectivity index (χ0n) is 13.7. The zero-order chi connectivity index (χ0) is 19.1. The number of H-pyrrole nitrogens is 1. The first-order chi connectivity index (χ1) is 12.8. The van der Waals surface area contributed by atoms with Crippen LogP contribution < -0.4 is 11.2 Å². The van der Waals surface area contributed by atoms with Gasteiger partial charge in [0.05, 0.1) is 51.2 Å². The molecule has 1 aromatic carbocycles. The van der Waals surface area contributed by atoms with E-state index in [1.165, 1.54) is 4.57 Å². The first kappa shape index (κ1) is 17.6. The fourth-order valence-corrected chi connectivity index (χ4v) is 5.59. The molecule has 1 unspecified atom stereocenters. The second kappa shape index (κ2) is 5.76. The molecule has 2 aromatic rings. The third-order valence-corrected chi connectivity index (χ3v) is 7.19. The zero-order valence-corrected chi connectivity index (χ0v) is 15.2. The van der Waals surface area contributed by atoms with E-state index in [4.69, 9.17) is 16.3 Å². The number of aromatic amines is 1. The van der Waals surface area contributed by atoms with Crippen molar-refractivity contribution in [2.24, 2.45) is 0 Å². The molecule has 27 heavy (non-hydrogen) atoms. The number of nitrogens with zero attached hydrogens (tertiary/aromatic N) is 2. The third-order valence-electron chi connectivity index (χ3n) is 5.45. The van der Waals surface area contributed by atoms with Gasteiger partial charge in [0.2, 0.25) is 0 Å². The van der Waals surface area contributed by atoms with Crippen molar-refractivity contribution < 1.29 is 17.9 Å². The maximum Gasteiger partial charge on any atom is 0.417 e. The van der Waals surface area contributed by atoms with Gasteiger partial charge >= 0.3 is 11.9 Å². The van der Waals surface area contributed by atoms with Crippen LogP contribution in [0.5, 0.6) is 0 Å². The summed E-state index contributed by atoms with van der Waals surface area (Å²) in [5.74, 6) is 0.393. The summed E-state index contributed by atoms with van der Waals surface area (Å²) in [5, 5.41) is -0.638. The molecule has 3 aliphatic rings. The highest BCUT2D eigenvalue weighted by molar-refractivity contribution is 7.99. The van der Waals surface area contributed by atoms with E-state index in [2.05, 4.69) is 9.88 Å². The van der Waals surface area contributed by atoms with E-state index >= 15 is 0 Å². The molecule has 0 amide bonds. The topological polar surface area (TPSA) is 67.3 Å². The minimum Gasteiger partial charge on any atom is -0.373 e. The molecule has 0 radical (unpaired) electrons. The average molecular weight is 420 g/mol. The quantitative estimate of drug-likeness (QED) is 0.807. The Kier molecular flexibility index (Phi) is 3.75. The smallest absolute Gasteiger partial charge is 0.373 e. The van der Waals surface area contributed by atoms with Crippen molar-refractivity contribution in [3.63, 3.8) is 0 Å². The van der Waals surface area contributed by atoms with Gasteiger partial charge in [-0.05, 0) is 6.07 Å². The summed E-state index contributed by atoms with van der Waals surface area (Å²) >= 11 is 7.19. The number of likely N-dealkylation sites (tertiary alicyclic amines) is 1. The molecule has 5 rings (SSSR count). The van der Waals surface area contributed by atoms with E-state index in [0.717, 1.165) is 24.4 Å². The number of nitrogens with one attached hydrogen (secondary N) is 1. The monoisotopic (exact) mass is 419 g/mol. The average Bonchev–Trinajstić information content (AvgIpc) is 2.56. The Morgan fingerprint density at radius 2 is 2.15 bits per heavy atom. The number of benzene rings is 1. The minimum atomic E-state index is -4.69. The normalized spacial score (nSPS) is 27.2. The second-order valence-electron chi connectivity index (χ2n) is 6.95. The molecular weight excluding hydrogens is 407 g/mol. The van der Waals surface area contributed by atoms with Crippen LogP contribution in [0, 0.1) is 0 Å². The number of halogens is 4. The fourth-order valence-electron chi connectivity index (χ4n) is 3.98. The predicted molar refractivity (Wildman–Crippen MR) is 93.7 cm³/mol. The Hall–Kier alpha value is -1.49. The highest BCUT2D eigenvalue weighted by Crippen LogP contribution is 2.46. The number of hydrogen-bond acceptors (Lipinski definition) is 5.